The first-order chi connectivity index (χ1) is 15.3. The molecule has 2 fully saturated rings. The van der Waals surface area contributed by atoms with Crippen LogP contribution in [0.15, 0.2) is 65.2 Å². The van der Waals surface area contributed by atoms with Gasteiger partial charge in [0, 0.05) is 30.8 Å². The Hall–Kier alpha value is -3.08. The SMILES string of the molecule is O=C(c1ccccc1)N(Cc1c(-c2ccccc2)noc1N1CCCCC1)CC1CC1. The molecule has 1 aromatic heterocycles. The Balaban J connectivity index is 1.51. The lowest BCUT2D eigenvalue weighted by atomic mass is 10.0. The zero-order valence-corrected chi connectivity index (χ0v) is 17.9. The standard InChI is InChI=1S/C26H29N3O2/c30-25(22-12-6-2-7-13-22)29(18-20-14-15-20)19-23-24(21-10-4-1-5-11-21)27-31-26(23)28-16-8-3-9-17-28/h1-2,4-7,10-13,20H,3,8-9,14-19H2. The molecule has 1 aliphatic carbocycles. The normalized spacial score (nSPS) is 16.3. The molecule has 1 amide bonds. The van der Waals surface area contributed by atoms with Crippen LogP contribution in [0.25, 0.3) is 11.3 Å². The molecule has 2 aromatic carbocycles. The van der Waals surface area contributed by atoms with Crippen molar-refractivity contribution in [1.29, 1.82) is 0 Å². The minimum atomic E-state index is 0.0808. The molecular formula is C26H29N3O2. The lowest BCUT2D eigenvalue weighted by Crippen LogP contribution is -2.34. The third kappa shape index (κ3) is 4.50. The predicted octanol–water partition coefficient (Wildman–Crippen LogP) is 5.38. The molecule has 5 nitrogen and oxygen atoms in total. The van der Waals surface area contributed by atoms with E-state index in [-0.39, 0.29) is 5.91 Å². The van der Waals surface area contributed by atoms with Gasteiger partial charge in [0.2, 0.25) is 5.88 Å². The molecule has 2 aliphatic rings. The van der Waals surface area contributed by atoms with Crippen molar-refractivity contribution in [1.82, 2.24) is 10.1 Å². The lowest BCUT2D eigenvalue weighted by molar-refractivity contribution is 0.0735. The van der Waals surface area contributed by atoms with E-state index in [1.165, 1.54) is 19.3 Å². The maximum absolute atomic E-state index is 13.4. The second kappa shape index (κ2) is 8.96. The van der Waals surface area contributed by atoms with Crippen LogP contribution in [0.1, 0.15) is 48.0 Å². The van der Waals surface area contributed by atoms with Gasteiger partial charge in [-0.1, -0.05) is 53.7 Å². The Morgan fingerprint density at radius 3 is 2.32 bits per heavy atom. The number of hydrogen-bond acceptors (Lipinski definition) is 4. The van der Waals surface area contributed by atoms with Crippen LogP contribution >= 0.6 is 0 Å². The van der Waals surface area contributed by atoms with E-state index in [2.05, 4.69) is 22.2 Å². The van der Waals surface area contributed by atoms with Gasteiger partial charge in [0.05, 0.1) is 12.1 Å². The quantitative estimate of drug-likeness (QED) is 0.519. The Morgan fingerprint density at radius 2 is 1.65 bits per heavy atom. The number of rotatable bonds is 7. The molecule has 0 radical (unpaired) electrons. The third-order valence-electron chi connectivity index (χ3n) is 6.29. The number of amides is 1. The largest absolute Gasteiger partial charge is 0.340 e. The van der Waals surface area contributed by atoms with E-state index in [1.54, 1.807) is 0 Å². The fraction of sp³-hybridized carbons (Fsp3) is 0.385. The summed E-state index contributed by atoms with van der Waals surface area (Å²) in [5.74, 6) is 1.52. The van der Waals surface area contributed by atoms with Crippen LogP contribution < -0.4 is 4.90 Å². The highest BCUT2D eigenvalue weighted by atomic mass is 16.5. The molecule has 1 saturated carbocycles. The number of piperidine rings is 1. The Bertz CT molecular complexity index is 1010. The molecule has 0 bridgehead atoms. The van der Waals surface area contributed by atoms with Gasteiger partial charge >= 0.3 is 0 Å². The minimum Gasteiger partial charge on any atom is -0.340 e. The highest BCUT2D eigenvalue weighted by molar-refractivity contribution is 5.94. The van der Waals surface area contributed by atoms with Crippen molar-refractivity contribution < 1.29 is 9.32 Å². The number of hydrogen-bond donors (Lipinski definition) is 0. The van der Waals surface area contributed by atoms with Gasteiger partial charge in [0.1, 0.15) is 5.69 Å². The zero-order chi connectivity index (χ0) is 21.0. The van der Waals surface area contributed by atoms with Crippen LogP contribution in [0, 0.1) is 5.92 Å². The van der Waals surface area contributed by atoms with Gasteiger partial charge in [0.15, 0.2) is 0 Å². The first kappa shape index (κ1) is 19.9. The van der Waals surface area contributed by atoms with Gasteiger partial charge in [-0.05, 0) is 50.2 Å². The molecule has 0 spiro atoms. The Kier molecular flexibility index (Phi) is 5.74. The monoisotopic (exact) mass is 415 g/mol. The van der Waals surface area contributed by atoms with Crippen molar-refractivity contribution in [3.05, 3.63) is 71.8 Å². The first-order valence-corrected chi connectivity index (χ1v) is 11.4. The van der Waals surface area contributed by atoms with Gasteiger partial charge in [-0.2, -0.15) is 0 Å². The van der Waals surface area contributed by atoms with Crippen LogP contribution in [0.5, 0.6) is 0 Å². The van der Waals surface area contributed by atoms with Gasteiger partial charge in [0.25, 0.3) is 5.91 Å². The van der Waals surface area contributed by atoms with Crippen LogP contribution in [-0.2, 0) is 6.54 Å². The average molecular weight is 416 g/mol. The highest BCUT2D eigenvalue weighted by Gasteiger charge is 2.31. The van der Waals surface area contributed by atoms with Crippen molar-refractivity contribution in [3.8, 4) is 11.3 Å². The summed E-state index contributed by atoms with van der Waals surface area (Å²) in [6, 6.07) is 19.8. The number of carbonyl (C=O) groups excluding carboxylic acids is 1. The summed E-state index contributed by atoms with van der Waals surface area (Å²) in [7, 11) is 0. The fourth-order valence-corrected chi connectivity index (χ4v) is 4.40. The molecule has 5 heteroatoms. The molecule has 0 unspecified atom stereocenters. The molecule has 31 heavy (non-hydrogen) atoms. The number of aromatic nitrogens is 1. The second-order valence-corrected chi connectivity index (χ2v) is 8.72. The van der Waals surface area contributed by atoms with Crippen LogP contribution in [0.4, 0.5) is 5.88 Å². The number of carbonyl (C=O) groups is 1. The van der Waals surface area contributed by atoms with E-state index in [0.29, 0.717) is 12.5 Å². The van der Waals surface area contributed by atoms with Crippen molar-refractivity contribution >= 4 is 11.8 Å². The van der Waals surface area contributed by atoms with Crippen molar-refractivity contribution in [2.24, 2.45) is 5.92 Å². The van der Waals surface area contributed by atoms with E-state index in [1.807, 2.05) is 53.4 Å². The summed E-state index contributed by atoms with van der Waals surface area (Å²) in [4.78, 5) is 17.7. The van der Waals surface area contributed by atoms with E-state index >= 15 is 0 Å². The molecular weight excluding hydrogens is 386 g/mol. The second-order valence-electron chi connectivity index (χ2n) is 8.72. The van der Waals surface area contributed by atoms with E-state index in [9.17, 15) is 4.79 Å². The van der Waals surface area contributed by atoms with E-state index in [4.69, 9.17) is 4.52 Å². The summed E-state index contributed by atoms with van der Waals surface area (Å²) in [5.41, 5.74) is 3.64. The maximum Gasteiger partial charge on any atom is 0.254 e. The smallest absolute Gasteiger partial charge is 0.254 e. The molecule has 160 valence electrons. The van der Waals surface area contributed by atoms with Gasteiger partial charge < -0.3 is 14.3 Å². The minimum absolute atomic E-state index is 0.0808. The predicted molar refractivity (Wildman–Crippen MR) is 122 cm³/mol. The van der Waals surface area contributed by atoms with Gasteiger partial charge in [-0.25, -0.2) is 0 Å². The summed E-state index contributed by atoms with van der Waals surface area (Å²) in [5, 5.41) is 4.49. The number of anilines is 1. The molecule has 1 aliphatic heterocycles. The van der Waals surface area contributed by atoms with Crippen molar-refractivity contribution in [3.63, 3.8) is 0 Å². The summed E-state index contributed by atoms with van der Waals surface area (Å²) in [6.07, 6.45) is 5.98. The highest BCUT2D eigenvalue weighted by Crippen LogP contribution is 2.36. The van der Waals surface area contributed by atoms with Crippen LogP contribution in [0.2, 0.25) is 0 Å². The first-order valence-electron chi connectivity index (χ1n) is 11.4. The van der Waals surface area contributed by atoms with E-state index in [0.717, 1.165) is 60.7 Å². The zero-order valence-electron chi connectivity index (χ0n) is 17.9. The lowest BCUT2D eigenvalue weighted by Gasteiger charge is -2.28. The third-order valence-corrected chi connectivity index (χ3v) is 6.29. The van der Waals surface area contributed by atoms with Gasteiger partial charge in [-0.15, -0.1) is 0 Å². The van der Waals surface area contributed by atoms with Gasteiger partial charge in [-0.3, -0.25) is 4.79 Å². The number of benzene rings is 2. The topological polar surface area (TPSA) is 49.6 Å². The summed E-state index contributed by atoms with van der Waals surface area (Å²) in [6.45, 7) is 3.26. The number of nitrogens with zero attached hydrogens (tertiary/aromatic N) is 3. The fourth-order valence-electron chi connectivity index (χ4n) is 4.40. The summed E-state index contributed by atoms with van der Waals surface area (Å²) < 4.78 is 5.93. The van der Waals surface area contributed by atoms with Crippen LogP contribution in [0.3, 0.4) is 0 Å². The molecule has 3 aromatic rings. The summed E-state index contributed by atoms with van der Waals surface area (Å²) >= 11 is 0. The Labute approximate surface area is 183 Å². The van der Waals surface area contributed by atoms with Crippen molar-refractivity contribution in [2.45, 2.75) is 38.6 Å². The molecule has 0 atom stereocenters. The average Bonchev–Trinajstić information content (AvgIpc) is 3.56. The van der Waals surface area contributed by atoms with Crippen LogP contribution in [-0.4, -0.2) is 35.6 Å². The maximum atomic E-state index is 13.4. The van der Waals surface area contributed by atoms with Crippen molar-refractivity contribution in [2.75, 3.05) is 24.5 Å². The molecule has 1 saturated heterocycles. The molecule has 5 rings (SSSR count). The Morgan fingerprint density at radius 1 is 0.968 bits per heavy atom. The molecule has 0 N–H and O–H groups in total. The van der Waals surface area contributed by atoms with E-state index < -0.39 is 0 Å². The molecule has 2 heterocycles.